The van der Waals surface area contributed by atoms with Crippen molar-refractivity contribution in [1.82, 2.24) is 10.2 Å². The van der Waals surface area contributed by atoms with Gasteiger partial charge in [-0.1, -0.05) is 19.1 Å². The zero-order chi connectivity index (χ0) is 17.1. The zero-order valence-corrected chi connectivity index (χ0v) is 15.2. The highest BCUT2D eigenvalue weighted by Crippen LogP contribution is 2.21. The maximum atomic E-state index is 9.40. The summed E-state index contributed by atoms with van der Waals surface area (Å²) in [6.45, 7) is 7.50. The molecule has 1 heterocycles. The van der Waals surface area contributed by atoms with Crippen molar-refractivity contribution in [2.24, 2.45) is 0 Å². The van der Waals surface area contributed by atoms with E-state index in [-0.39, 0.29) is 0 Å². The van der Waals surface area contributed by atoms with Crippen molar-refractivity contribution in [3.8, 4) is 0 Å². The van der Waals surface area contributed by atoms with Crippen LogP contribution in [0.3, 0.4) is 0 Å². The molecule has 0 aromatic heterocycles. The second kappa shape index (κ2) is 11.2. The van der Waals surface area contributed by atoms with Crippen molar-refractivity contribution in [3.63, 3.8) is 0 Å². The van der Waals surface area contributed by atoms with Gasteiger partial charge in [0, 0.05) is 24.7 Å². The quantitative estimate of drug-likeness (QED) is 0.790. The fraction of sp³-hybridized carbons (Fsp3) is 0.632. The van der Waals surface area contributed by atoms with Gasteiger partial charge in [0.2, 0.25) is 0 Å². The minimum atomic E-state index is 0.629. The summed E-state index contributed by atoms with van der Waals surface area (Å²) in [5.74, 6) is 0. The lowest BCUT2D eigenvalue weighted by Gasteiger charge is -2.30. The van der Waals surface area contributed by atoms with E-state index < -0.39 is 0 Å². The van der Waals surface area contributed by atoms with Crippen molar-refractivity contribution < 1.29 is 4.79 Å². The van der Waals surface area contributed by atoms with Crippen molar-refractivity contribution in [3.05, 3.63) is 29.3 Å². The van der Waals surface area contributed by atoms with Gasteiger partial charge in [0.1, 0.15) is 6.29 Å². The third-order valence-corrected chi connectivity index (χ3v) is 4.17. The van der Waals surface area contributed by atoms with E-state index in [4.69, 9.17) is 0 Å². The Kier molecular flexibility index (Phi) is 9.57. The van der Waals surface area contributed by atoms with E-state index in [1.54, 1.807) is 0 Å². The highest BCUT2D eigenvalue weighted by molar-refractivity contribution is 5.53. The Morgan fingerprint density at radius 2 is 2.00 bits per heavy atom. The number of aldehydes is 1. The molecule has 1 saturated heterocycles. The van der Waals surface area contributed by atoms with Gasteiger partial charge in [0.15, 0.2) is 0 Å². The van der Waals surface area contributed by atoms with Gasteiger partial charge < -0.3 is 20.3 Å². The lowest BCUT2D eigenvalue weighted by molar-refractivity contribution is -0.107. The Balaban J connectivity index is 0.000000463. The molecule has 0 saturated carbocycles. The average Bonchev–Trinajstić information content (AvgIpc) is 2.54. The molecule has 0 atom stereocenters. The van der Waals surface area contributed by atoms with Crippen molar-refractivity contribution in [2.45, 2.75) is 52.1 Å². The van der Waals surface area contributed by atoms with Crippen LogP contribution in [-0.4, -0.2) is 44.4 Å². The van der Waals surface area contributed by atoms with Crippen LogP contribution in [-0.2, 0) is 11.3 Å². The Bertz CT molecular complexity index is 454. The second-order valence-corrected chi connectivity index (χ2v) is 6.36. The molecule has 2 rings (SSSR count). The average molecular weight is 319 g/mol. The van der Waals surface area contributed by atoms with Crippen LogP contribution in [0.25, 0.3) is 0 Å². The predicted octanol–water partition coefficient (Wildman–Crippen LogP) is 3.21. The van der Waals surface area contributed by atoms with Crippen LogP contribution in [0, 0.1) is 6.92 Å². The summed E-state index contributed by atoms with van der Waals surface area (Å²) in [6, 6.07) is 7.32. The van der Waals surface area contributed by atoms with Crippen LogP contribution in [0.5, 0.6) is 0 Å². The van der Waals surface area contributed by atoms with Gasteiger partial charge >= 0.3 is 0 Å². The molecule has 0 aliphatic carbocycles. The van der Waals surface area contributed by atoms with Gasteiger partial charge in [-0.15, -0.1) is 0 Å². The molecular weight excluding hydrogens is 286 g/mol. The predicted molar refractivity (Wildman–Crippen MR) is 99.1 cm³/mol. The largest absolute Gasteiger partial charge is 0.382 e. The molecule has 0 unspecified atom stereocenters. The summed E-state index contributed by atoms with van der Waals surface area (Å²) >= 11 is 0. The number of nitrogens with zero attached hydrogens (tertiary/aromatic N) is 1. The van der Waals surface area contributed by atoms with Crippen LogP contribution >= 0.6 is 0 Å². The first-order chi connectivity index (χ1) is 11.1. The van der Waals surface area contributed by atoms with Crippen molar-refractivity contribution in [2.75, 3.05) is 32.5 Å². The summed E-state index contributed by atoms with van der Waals surface area (Å²) < 4.78 is 0. The molecule has 1 aromatic carbocycles. The highest BCUT2D eigenvalue weighted by atomic mass is 16.1. The van der Waals surface area contributed by atoms with Crippen LogP contribution in [0.4, 0.5) is 5.69 Å². The normalized spacial score (nSPS) is 15.7. The van der Waals surface area contributed by atoms with Gasteiger partial charge in [0.05, 0.1) is 0 Å². The monoisotopic (exact) mass is 319 g/mol. The SMILES string of the molecule is CCCC=O.CNCc1ccc(C)c(NC2CCN(C)CC2)c1. The molecule has 0 spiro atoms. The molecule has 1 aromatic rings. The number of nitrogens with one attached hydrogen (secondary N) is 2. The standard InChI is InChI=1S/C15H25N3.C4H8O/c1-12-4-5-13(11-16-2)10-15(12)17-14-6-8-18(3)9-7-14;1-2-3-4-5/h4-5,10,14,16-17H,6-9,11H2,1-3H3;4H,2-3H2,1H3. The van der Waals surface area contributed by atoms with E-state index in [0.29, 0.717) is 12.5 Å². The Hall–Kier alpha value is -1.39. The first-order valence-corrected chi connectivity index (χ1v) is 8.73. The number of hydrogen-bond donors (Lipinski definition) is 2. The van der Waals surface area contributed by atoms with E-state index in [1.165, 1.54) is 42.7 Å². The fourth-order valence-corrected chi connectivity index (χ4v) is 2.63. The van der Waals surface area contributed by atoms with E-state index in [0.717, 1.165) is 19.3 Å². The number of anilines is 1. The Morgan fingerprint density at radius 1 is 1.30 bits per heavy atom. The van der Waals surface area contributed by atoms with Crippen molar-refractivity contribution in [1.29, 1.82) is 0 Å². The minimum absolute atomic E-state index is 0.629. The maximum Gasteiger partial charge on any atom is 0.119 e. The summed E-state index contributed by atoms with van der Waals surface area (Å²) in [5.41, 5.74) is 3.99. The molecular formula is C19H33N3O. The van der Waals surface area contributed by atoms with Crippen molar-refractivity contribution >= 4 is 12.0 Å². The molecule has 23 heavy (non-hydrogen) atoms. The van der Waals surface area contributed by atoms with Gasteiger partial charge in [-0.05, 0) is 70.6 Å². The molecule has 1 aliphatic rings. The number of likely N-dealkylation sites (tertiary alicyclic amines) is 1. The summed E-state index contributed by atoms with van der Waals surface area (Å²) in [6.07, 6.45) is 5.10. The summed E-state index contributed by atoms with van der Waals surface area (Å²) in [4.78, 5) is 11.8. The molecule has 4 heteroatoms. The van der Waals surface area contributed by atoms with E-state index in [2.05, 4.69) is 47.7 Å². The number of carbonyl (C=O) groups excluding carboxylic acids is 1. The molecule has 1 fully saturated rings. The van der Waals surface area contributed by atoms with Gasteiger partial charge in [-0.3, -0.25) is 0 Å². The number of carbonyl (C=O) groups is 1. The van der Waals surface area contributed by atoms with E-state index in [1.807, 2.05) is 14.0 Å². The molecule has 2 N–H and O–H groups in total. The molecule has 0 radical (unpaired) electrons. The Labute approximate surface area is 141 Å². The van der Waals surface area contributed by atoms with Crippen LogP contribution in [0.15, 0.2) is 18.2 Å². The fourth-order valence-electron chi connectivity index (χ4n) is 2.63. The number of aryl methyl sites for hydroxylation is 1. The first kappa shape index (κ1) is 19.7. The number of rotatable bonds is 6. The maximum absolute atomic E-state index is 9.40. The van der Waals surface area contributed by atoms with Crippen LogP contribution < -0.4 is 10.6 Å². The number of unbranched alkanes of at least 4 members (excludes halogenated alkanes) is 1. The third kappa shape index (κ3) is 7.62. The van der Waals surface area contributed by atoms with E-state index in [9.17, 15) is 4.79 Å². The van der Waals surface area contributed by atoms with Gasteiger partial charge in [-0.25, -0.2) is 0 Å². The smallest absolute Gasteiger partial charge is 0.119 e. The molecule has 1 aliphatic heterocycles. The lowest BCUT2D eigenvalue weighted by Crippen LogP contribution is -2.36. The van der Waals surface area contributed by atoms with E-state index >= 15 is 0 Å². The van der Waals surface area contributed by atoms with Gasteiger partial charge in [-0.2, -0.15) is 0 Å². The molecule has 4 nitrogen and oxygen atoms in total. The third-order valence-electron chi connectivity index (χ3n) is 4.17. The number of piperidine rings is 1. The Morgan fingerprint density at radius 3 is 2.52 bits per heavy atom. The summed E-state index contributed by atoms with van der Waals surface area (Å²) in [5, 5.41) is 6.92. The lowest BCUT2D eigenvalue weighted by atomic mass is 10.0. The topological polar surface area (TPSA) is 44.4 Å². The number of benzene rings is 1. The van der Waals surface area contributed by atoms with Crippen LogP contribution in [0.1, 0.15) is 43.7 Å². The highest BCUT2D eigenvalue weighted by Gasteiger charge is 2.16. The number of hydrogen-bond acceptors (Lipinski definition) is 4. The molecule has 130 valence electrons. The zero-order valence-electron chi connectivity index (χ0n) is 15.2. The molecule has 0 amide bonds. The minimum Gasteiger partial charge on any atom is -0.382 e. The van der Waals surface area contributed by atoms with Gasteiger partial charge in [0.25, 0.3) is 0 Å². The molecule has 0 bridgehead atoms. The second-order valence-electron chi connectivity index (χ2n) is 6.36. The van der Waals surface area contributed by atoms with Crippen LogP contribution in [0.2, 0.25) is 0 Å². The first-order valence-electron chi connectivity index (χ1n) is 8.73. The summed E-state index contributed by atoms with van der Waals surface area (Å²) in [7, 11) is 4.19.